The average Bonchev–Trinajstić information content (AvgIpc) is 2.32. The molecule has 1 N–H and O–H groups in total. The van der Waals surface area contributed by atoms with E-state index in [2.05, 4.69) is 20.0 Å². The molecular weight excluding hydrogens is 212 g/mol. The minimum atomic E-state index is -0.499. The first-order valence-electron chi connectivity index (χ1n) is 4.63. The Morgan fingerprint density at radius 3 is 3.25 bits per heavy atom. The van der Waals surface area contributed by atoms with Gasteiger partial charge in [-0.15, -0.1) is 0 Å². The molecule has 2 amide bonds. The molecule has 7 nitrogen and oxygen atoms in total. The summed E-state index contributed by atoms with van der Waals surface area (Å²) in [6, 6.07) is -0.364. The number of rotatable bonds is 2. The van der Waals surface area contributed by atoms with Crippen molar-refractivity contribution in [3.63, 3.8) is 0 Å². The van der Waals surface area contributed by atoms with Crippen LogP contribution in [0.4, 0.5) is 10.6 Å². The number of nitrogens with zero attached hydrogens (tertiary/aromatic N) is 3. The molecule has 1 aromatic heterocycles. The zero-order valence-electron chi connectivity index (χ0n) is 8.64. The van der Waals surface area contributed by atoms with Crippen molar-refractivity contribution in [1.82, 2.24) is 15.3 Å². The lowest BCUT2D eigenvalue weighted by atomic mass is 10.2. The van der Waals surface area contributed by atoms with Gasteiger partial charge in [-0.2, -0.15) is 0 Å². The fourth-order valence-electron chi connectivity index (χ4n) is 1.42. The highest BCUT2D eigenvalue weighted by atomic mass is 16.5. The molecule has 0 aromatic carbocycles. The van der Waals surface area contributed by atoms with Gasteiger partial charge in [0.1, 0.15) is 18.7 Å². The molecule has 0 bridgehead atoms. The van der Waals surface area contributed by atoms with Crippen molar-refractivity contribution in [2.75, 3.05) is 18.6 Å². The van der Waals surface area contributed by atoms with Crippen LogP contribution < -0.4 is 10.2 Å². The quantitative estimate of drug-likeness (QED) is 0.693. The Labute approximate surface area is 91.4 Å². The number of nitrogens with one attached hydrogen (secondary N) is 1. The number of methoxy groups -OCH3 is 1. The van der Waals surface area contributed by atoms with Gasteiger partial charge in [-0.1, -0.05) is 0 Å². The lowest BCUT2D eigenvalue weighted by Gasteiger charge is -2.27. The number of urea groups is 1. The van der Waals surface area contributed by atoms with Gasteiger partial charge in [0.15, 0.2) is 0 Å². The van der Waals surface area contributed by atoms with Crippen LogP contribution >= 0.6 is 0 Å². The molecule has 7 heteroatoms. The Hall–Kier alpha value is -2.18. The van der Waals surface area contributed by atoms with Crippen molar-refractivity contribution in [2.24, 2.45) is 0 Å². The molecule has 1 aromatic rings. The summed E-state index contributed by atoms with van der Waals surface area (Å²) in [5.74, 6) is -0.0502. The number of carbonyl (C=O) groups excluding carboxylic acids is 2. The fourth-order valence-corrected chi connectivity index (χ4v) is 1.42. The Kier molecular flexibility index (Phi) is 2.67. The first kappa shape index (κ1) is 10.3. The zero-order chi connectivity index (χ0) is 11.5. The highest BCUT2D eigenvalue weighted by molar-refractivity contribution is 5.97. The molecule has 0 fully saturated rings. The Balaban J connectivity index is 2.29. The third kappa shape index (κ3) is 1.79. The van der Waals surface area contributed by atoms with E-state index in [9.17, 15) is 9.59 Å². The van der Waals surface area contributed by atoms with Crippen molar-refractivity contribution in [3.05, 3.63) is 18.1 Å². The van der Waals surface area contributed by atoms with E-state index in [1.54, 1.807) is 6.20 Å². The van der Waals surface area contributed by atoms with Gasteiger partial charge >= 0.3 is 12.0 Å². The molecule has 0 atom stereocenters. The lowest BCUT2D eigenvalue weighted by molar-refractivity contribution is -0.138. The van der Waals surface area contributed by atoms with Crippen LogP contribution in [0.25, 0.3) is 0 Å². The first-order valence-corrected chi connectivity index (χ1v) is 4.63. The predicted molar refractivity (Wildman–Crippen MR) is 53.6 cm³/mol. The van der Waals surface area contributed by atoms with E-state index in [1.807, 2.05) is 0 Å². The maximum absolute atomic E-state index is 11.6. The Morgan fingerprint density at radius 1 is 1.69 bits per heavy atom. The Morgan fingerprint density at radius 2 is 2.50 bits per heavy atom. The van der Waals surface area contributed by atoms with E-state index >= 15 is 0 Å². The molecule has 84 valence electrons. The van der Waals surface area contributed by atoms with Crippen LogP contribution in [-0.2, 0) is 16.1 Å². The van der Waals surface area contributed by atoms with Gasteiger partial charge in [-0.25, -0.2) is 14.8 Å². The summed E-state index contributed by atoms with van der Waals surface area (Å²) in [5.41, 5.74) is 0.769. The van der Waals surface area contributed by atoms with Gasteiger partial charge in [0.2, 0.25) is 0 Å². The summed E-state index contributed by atoms with van der Waals surface area (Å²) >= 11 is 0. The highest BCUT2D eigenvalue weighted by Crippen LogP contribution is 2.19. The smallest absolute Gasteiger partial charge is 0.325 e. The van der Waals surface area contributed by atoms with Crippen molar-refractivity contribution in [2.45, 2.75) is 6.54 Å². The van der Waals surface area contributed by atoms with Gasteiger partial charge in [0.25, 0.3) is 0 Å². The normalized spacial score (nSPS) is 14.1. The van der Waals surface area contributed by atoms with Crippen molar-refractivity contribution < 1.29 is 14.3 Å². The summed E-state index contributed by atoms with van der Waals surface area (Å²) in [6.45, 7) is 0.207. The third-order valence-corrected chi connectivity index (χ3v) is 2.21. The largest absolute Gasteiger partial charge is 0.468 e. The van der Waals surface area contributed by atoms with Gasteiger partial charge in [0, 0.05) is 18.3 Å². The standard InChI is InChI=1S/C9H10N4O3/c1-16-7(14)4-13-8-6(2-10-5-12-8)3-11-9(13)15/h2,5H,3-4H2,1H3,(H,11,15). The van der Waals surface area contributed by atoms with Gasteiger partial charge < -0.3 is 10.1 Å². The van der Waals surface area contributed by atoms with E-state index in [4.69, 9.17) is 0 Å². The number of carbonyl (C=O) groups is 2. The lowest BCUT2D eigenvalue weighted by Crippen LogP contribution is -2.47. The maximum atomic E-state index is 11.6. The van der Waals surface area contributed by atoms with Crippen LogP contribution in [-0.4, -0.2) is 35.6 Å². The topological polar surface area (TPSA) is 84.4 Å². The first-order chi connectivity index (χ1) is 7.72. The fraction of sp³-hybridized carbons (Fsp3) is 0.333. The van der Waals surface area contributed by atoms with Gasteiger partial charge in [-0.05, 0) is 0 Å². The second kappa shape index (κ2) is 4.13. The predicted octanol–water partition coefficient (Wildman–Crippen LogP) is -0.321. The summed E-state index contributed by atoms with van der Waals surface area (Å²) in [5, 5.41) is 2.62. The number of anilines is 1. The van der Waals surface area contributed by atoms with E-state index in [0.717, 1.165) is 5.56 Å². The zero-order valence-corrected chi connectivity index (χ0v) is 8.64. The van der Waals surface area contributed by atoms with Gasteiger partial charge in [-0.3, -0.25) is 9.69 Å². The van der Waals surface area contributed by atoms with E-state index in [1.165, 1.54) is 18.3 Å². The van der Waals surface area contributed by atoms with E-state index in [0.29, 0.717) is 12.4 Å². The molecule has 16 heavy (non-hydrogen) atoms. The summed E-state index contributed by atoms with van der Waals surface area (Å²) in [4.78, 5) is 31.8. The van der Waals surface area contributed by atoms with Crippen LogP contribution in [0.15, 0.2) is 12.5 Å². The van der Waals surface area contributed by atoms with E-state index < -0.39 is 5.97 Å². The Bertz CT molecular complexity index is 435. The highest BCUT2D eigenvalue weighted by Gasteiger charge is 2.27. The number of hydrogen-bond acceptors (Lipinski definition) is 5. The minimum Gasteiger partial charge on any atom is -0.468 e. The van der Waals surface area contributed by atoms with Gasteiger partial charge in [0.05, 0.1) is 7.11 Å². The molecule has 0 radical (unpaired) electrons. The monoisotopic (exact) mass is 222 g/mol. The number of fused-ring (bicyclic) bond motifs is 1. The molecule has 0 unspecified atom stereocenters. The van der Waals surface area contributed by atoms with Crippen LogP contribution in [0.5, 0.6) is 0 Å². The second-order valence-electron chi connectivity index (χ2n) is 3.19. The summed E-state index contributed by atoms with van der Waals surface area (Å²) in [7, 11) is 1.27. The van der Waals surface area contributed by atoms with Crippen LogP contribution in [0.1, 0.15) is 5.56 Å². The SMILES string of the molecule is COC(=O)CN1C(=O)NCc2cncnc21. The molecule has 0 aliphatic carbocycles. The number of esters is 1. The molecule has 2 heterocycles. The van der Waals surface area contributed by atoms with Crippen molar-refractivity contribution >= 4 is 17.8 Å². The van der Waals surface area contributed by atoms with E-state index in [-0.39, 0.29) is 12.6 Å². The average molecular weight is 222 g/mol. The molecule has 0 saturated heterocycles. The molecule has 0 saturated carbocycles. The van der Waals surface area contributed by atoms with Crippen molar-refractivity contribution in [3.8, 4) is 0 Å². The molecular formula is C9H10N4O3. The molecule has 2 rings (SSSR count). The molecule has 1 aliphatic heterocycles. The number of aromatic nitrogens is 2. The number of hydrogen-bond donors (Lipinski definition) is 1. The third-order valence-electron chi connectivity index (χ3n) is 2.21. The van der Waals surface area contributed by atoms with Crippen molar-refractivity contribution in [1.29, 1.82) is 0 Å². The molecule has 0 spiro atoms. The molecule has 1 aliphatic rings. The summed E-state index contributed by atoms with van der Waals surface area (Å²) in [6.07, 6.45) is 2.94. The summed E-state index contributed by atoms with van der Waals surface area (Å²) < 4.78 is 4.51. The number of amides is 2. The second-order valence-corrected chi connectivity index (χ2v) is 3.19. The van der Waals surface area contributed by atoms with Crippen LogP contribution in [0.2, 0.25) is 0 Å². The van der Waals surface area contributed by atoms with Crippen LogP contribution in [0, 0.1) is 0 Å². The minimum absolute atomic E-state index is 0.160. The number of ether oxygens (including phenoxy) is 1. The maximum Gasteiger partial charge on any atom is 0.325 e. The van der Waals surface area contributed by atoms with Crippen LogP contribution in [0.3, 0.4) is 0 Å².